The summed E-state index contributed by atoms with van der Waals surface area (Å²) in [5.74, 6) is -2.14. The molecule has 14 nitrogen and oxygen atoms in total. The molecule has 7 rings (SSSR count). The minimum absolute atomic E-state index is 0.0259. The van der Waals surface area contributed by atoms with Crippen molar-refractivity contribution in [1.82, 2.24) is 25.6 Å². The number of fused-ring (bicyclic) bond motifs is 8. The number of hydrogen-bond donors (Lipinski definition) is 4. The minimum Gasteiger partial charge on any atom is -0.494 e. The van der Waals surface area contributed by atoms with Crippen LogP contribution in [0, 0.1) is 5.92 Å². The van der Waals surface area contributed by atoms with Crippen molar-refractivity contribution in [3.05, 3.63) is 66.2 Å². The summed E-state index contributed by atoms with van der Waals surface area (Å²) >= 11 is 0. The molecule has 2 aromatic carbocycles. The Hall–Kier alpha value is -4.92. The van der Waals surface area contributed by atoms with Crippen LogP contribution in [0.2, 0.25) is 0 Å². The van der Waals surface area contributed by atoms with Gasteiger partial charge in [0.15, 0.2) is 0 Å². The van der Waals surface area contributed by atoms with Crippen LogP contribution < -0.4 is 25.4 Å². The van der Waals surface area contributed by atoms with Crippen molar-refractivity contribution in [2.45, 2.75) is 99.5 Å². The van der Waals surface area contributed by atoms with Gasteiger partial charge in [-0.3, -0.25) is 23.9 Å². The van der Waals surface area contributed by atoms with Crippen LogP contribution in [0.5, 0.6) is 5.75 Å². The quantitative estimate of drug-likeness (QED) is 0.340. The van der Waals surface area contributed by atoms with E-state index >= 15 is 0 Å². The first kappa shape index (κ1) is 37.4. The fourth-order valence-corrected chi connectivity index (χ4v) is 8.89. The molecule has 3 aliphatic heterocycles. The SMILES string of the molecule is O=C1N[C@H]2CCCCC/C=C\[C@@H]3CC3(C(=O)NS(=O)(=O)C3CC3)NC(=O)[C@@H]3C[C@H](CN3C2=O)NC(=O)c2cccc(c2)-c2cccc(c2)OCCCCO1. The number of carbonyl (C=O) groups is 5. The predicted octanol–water partition coefficient (Wildman–Crippen LogP) is 3.32. The molecule has 1 saturated heterocycles. The van der Waals surface area contributed by atoms with E-state index in [2.05, 4.69) is 20.7 Å². The molecule has 15 heteroatoms. The van der Waals surface area contributed by atoms with Crippen molar-refractivity contribution in [2.75, 3.05) is 19.8 Å². The molecule has 0 spiro atoms. The molecule has 4 N–H and O–H groups in total. The number of sulfonamides is 1. The second-order valence-corrected chi connectivity index (χ2v) is 16.9. The summed E-state index contributed by atoms with van der Waals surface area (Å²) in [7, 11) is -3.90. The van der Waals surface area contributed by atoms with Crippen molar-refractivity contribution in [2.24, 2.45) is 5.92 Å². The Labute approximate surface area is 314 Å². The van der Waals surface area contributed by atoms with E-state index in [1.165, 1.54) is 4.90 Å². The second kappa shape index (κ2) is 15.8. The van der Waals surface area contributed by atoms with Gasteiger partial charge >= 0.3 is 6.09 Å². The molecule has 2 aliphatic carbocycles. The summed E-state index contributed by atoms with van der Waals surface area (Å²) in [5, 5.41) is 7.94. The van der Waals surface area contributed by atoms with Crippen LogP contribution >= 0.6 is 0 Å². The number of amides is 5. The van der Waals surface area contributed by atoms with Crippen LogP contribution in [0.15, 0.2) is 60.7 Å². The van der Waals surface area contributed by atoms with Crippen LogP contribution in [-0.2, 0) is 29.1 Å². The molecule has 5 atom stereocenters. The number of cyclic esters (lactones) is 1. The highest BCUT2D eigenvalue weighted by Gasteiger charge is 2.62. The van der Waals surface area contributed by atoms with Crippen molar-refractivity contribution in [3.8, 4) is 16.9 Å². The highest BCUT2D eigenvalue weighted by Crippen LogP contribution is 2.46. The molecular formula is C39H47N5O9S. The Morgan fingerprint density at radius 2 is 1.59 bits per heavy atom. The number of nitrogens with one attached hydrogen (secondary N) is 4. The van der Waals surface area contributed by atoms with Crippen molar-refractivity contribution < 1.29 is 41.9 Å². The first-order valence-corrected chi connectivity index (χ1v) is 20.5. The van der Waals surface area contributed by atoms with E-state index < -0.39 is 74.6 Å². The van der Waals surface area contributed by atoms with Gasteiger partial charge in [-0.15, -0.1) is 0 Å². The van der Waals surface area contributed by atoms with Gasteiger partial charge in [0.25, 0.3) is 11.8 Å². The first-order valence-electron chi connectivity index (χ1n) is 18.9. The van der Waals surface area contributed by atoms with Gasteiger partial charge in [0.05, 0.1) is 18.5 Å². The van der Waals surface area contributed by atoms with Crippen molar-refractivity contribution in [1.29, 1.82) is 0 Å². The zero-order chi connectivity index (χ0) is 37.9. The molecule has 1 unspecified atom stereocenters. The molecule has 0 aromatic heterocycles. The normalized spacial score (nSPS) is 28.9. The Morgan fingerprint density at radius 1 is 0.852 bits per heavy atom. The zero-order valence-electron chi connectivity index (χ0n) is 30.1. The van der Waals surface area contributed by atoms with Gasteiger partial charge in [-0.25, -0.2) is 13.2 Å². The number of nitrogens with zero attached hydrogens (tertiary/aromatic N) is 1. The van der Waals surface area contributed by atoms with Gasteiger partial charge in [-0.1, -0.05) is 49.3 Å². The van der Waals surface area contributed by atoms with Crippen molar-refractivity contribution >= 4 is 39.7 Å². The summed E-state index contributed by atoms with van der Waals surface area (Å²) in [6, 6.07) is 11.9. The van der Waals surface area contributed by atoms with Crippen LogP contribution in [0.25, 0.3) is 11.1 Å². The summed E-state index contributed by atoms with van der Waals surface area (Å²) in [5.41, 5.74) is 0.517. The van der Waals surface area contributed by atoms with E-state index in [-0.39, 0.29) is 26.0 Å². The number of allylic oxidation sites excluding steroid dienone is 1. The third-order valence-electron chi connectivity index (χ3n) is 10.8. The summed E-state index contributed by atoms with van der Waals surface area (Å²) in [4.78, 5) is 70.4. The molecule has 5 aliphatic rings. The van der Waals surface area contributed by atoms with Gasteiger partial charge in [0.1, 0.15) is 23.4 Å². The van der Waals surface area contributed by atoms with E-state index in [0.29, 0.717) is 62.9 Å². The highest BCUT2D eigenvalue weighted by atomic mass is 32.2. The molecule has 288 valence electrons. The third-order valence-corrected chi connectivity index (χ3v) is 12.7. The fraction of sp³-hybridized carbons (Fsp3) is 0.513. The number of ether oxygens (including phenoxy) is 2. The predicted molar refractivity (Wildman–Crippen MR) is 198 cm³/mol. The van der Waals surface area contributed by atoms with Crippen LogP contribution in [0.1, 0.15) is 81.0 Å². The number of alkyl carbamates (subject to hydrolysis) is 1. The van der Waals surface area contributed by atoms with Gasteiger partial charge in [-0.05, 0) is 93.2 Å². The molecule has 3 heterocycles. The monoisotopic (exact) mass is 761 g/mol. The average Bonchev–Trinajstić information content (AvgIpc) is 4.08. The maximum Gasteiger partial charge on any atom is 0.407 e. The Morgan fingerprint density at radius 3 is 2.39 bits per heavy atom. The standard InChI is InChI=1S/C39H47N5O9S/c45-34-27-12-8-10-25(20-27)26-11-9-14-30(21-26)52-18-6-7-19-53-38(49)41-32-15-5-3-1-2-4-13-28-23-39(28,37(48)43-54(50,51)31-16-17-31)42-35(46)33-22-29(40-34)24-44(33)36(32)47/h4,8-14,20-21,28-29,31-33H,1-3,5-7,15-19,22-24H2,(H,40,45)(H,41,49)(H,42,46)(H,43,48)/b13-4-/t28-,29-,32+,33+,39?/m1/s1. The summed E-state index contributed by atoms with van der Waals surface area (Å²) in [6.07, 6.45) is 8.45. The number of benzene rings is 2. The summed E-state index contributed by atoms with van der Waals surface area (Å²) < 4.78 is 39.2. The Bertz CT molecular complexity index is 1930. The van der Waals surface area contributed by atoms with Crippen LogP contribution in [-0.4, -0.2) is 91.7 Å². The highest BCUT2D eigenvalue weighted by molar-refractivity contribution is 7.91. The molecule has 2 aromatic rings. The Kier molecular flexibility index (Phi) is 11.0. The molecular weight excluding hydrogens is 715 g/mol. The lowest BCUT2D eigenvalue weighted by Gasteiger charge is -2.30. The molecule has 5 amide bonds. The largest absolute Gasteiger partial charge is 0.494 e. The average molecular weight is 762 g/mol. The first-order chi connectivity index (χ1) is 26.0. The van der Waals surface area contributed by atoms with E-state index in [1.54, 1.807) is 18.2 Å². The third kappa shape index (κ3) is 8.56. The smallest absolute Gasteiger partial charge is 0.407 e. The molecule has 54 heavy (non-hydrogen) atoms. The van der Waals surface area contributed by atoms with Gasteiger partial charge in [-0.2, -0.15) is 0 Å². The lowest BCUT2D eigenvalue weighted by molar-refractivity contribution is -0.141. The maximum absolute atomic E-state index is 14.4. The molecule has 3 fully saturated rings. The number of carbonyl (C=O) groups excluding carboxylic acids is 5. The second-order valence-electron chi connectivity index (χ2n) is 14.9. The molecule has 2 saturated carbocycles. The van der Waals surface area contributed by atoms with Crippen LogP contribution in [0.4, 0.5) is 4.79 Å². The molecule has 0 radical (unpaired) electrons. The number of hydrogen-bond acceptors (Lipinski definition) is 9. The maximum atomic E-state index is 14.4. The summed E-state index contributed by atoms with van der Waals surface area (Å²) in [6.45, 7) is 0.473. The fourth-order valence-electron chi connectivity index (χ4n) is 7.52. The van der Waals surface area contributed by atoms with E-state index in [4.69, 9.17) is 9.47 Å². The van der Waals surface area contributed by atoms with Gasteiger partial charge in [0, 0.05) is 24.1 Å². The van der Waals surface area contributed by atoms with Gasteiger partial charge in [0.2, 0.25) is 21.8 Å². The zero-order valence-corrected chi connectivity index (χ0v) is 30.9. The lowest BCUT2D eigenvalue weighted by Crippen LogP contribution is -2.58. The molecule has 7 bridgehead atoms. The minimum atomic E-state index is -3.90. The van der Waals surface area contributed by atoms with Gasteiger partial charge < -0.3 is 30.3 Å². The van der Waals surface area contributed by atoms with Crippen molar-refractivity contribution in [3.63, 3.8) is 0 Å². The van der Waals surface area contributed by atoms with E-state index in [1.807, 2.05) is 42.5 Å². The van der Waals surface area contributed by atoms with E-state index in [0.717, 1.165) is 24.0 Å². The van der Waals surface area contributed by atoms with Crippen LogP contribution in [0.3, 0.4) is 0 Å². The number of rotatable bonds is 3. The lowest BCUT2D eigenvalue weighted by atomic mass is 10.0. The Balaban J connectivity index is 1.19. The van der Waals surface area contributed by atoms with E-state index in [9.17, 15) is 32.4 Å². The topological polar surface area (TPSA) is 189 Å².